The minimum absolute atomic E-state index is 0.295. The lowest BCUT2D eigenvalue weighted by Crippen LogP contribution is -2.24. The van der Waals surface area contributed by atoms with Gasteiger partial charge in [0.25, 0.3) is 5.91 Å². The zero-order valence-electron chi connectivity index (χ0n) is 15.4. The number of aromatic nitrogens is 2. The van der Waals surface area contributed by atoms with E-state index in [1.165, 1.54) is 18.0 Å². The molecule has 0 radical (unpaired) electrons. The first kappa shape index (κ1) is 19.1. The largest absolute Gasteiger partial charge is 0.503 e. The van der Waals surface area contributed by atoms with E-state index in [2.05, 4.69) is 27.4 Å². The summed E-state index contributed by atoms with van der Waals surface area (Å²) in [6.07, 6.45) is 4.38. The molecular weight excluding hydrogens is 352 g/mol. The highest BCUT2D eigenvalue weighted by Crippen LogP contribution is 2.09. The number of carbonyl (C=O) groups is 1. The molecule has 1 amide bonds. The first-order chi connectivity index (χ1) is 13.6. The van der Waals surface area contributed by atoms with Crippen LogP contribution in [0.25, 0.3) is 6.08 Å². The van der Waals surface area contributed by atoms with Gasteiger partial charge in [-0.1, -0.05) is 42.5 Å². The number of aliphatic hydroxyl groups is 1. The van der Waals surface area contributed by atoms with Crippen LogP contribution in [0.15, 0.2) is 72.8 Å². The molecule has 2 aromatic carbocycles. The van der Waals surface area contributed by atoms with Crippen LogP contribution in [-0.4, -0.2) is 21.0 Å². The summed E-state index contributed by atoms with van der Waals surface area (Å²) >= 11 is 0. The molecule has 6 nitrogen and oxygen atoms in total. The Kier molecular flexibility index (Phi) is 6.36. The van der Waals surface area contributed by atoms with Crippen molar-refractivity contribution in [2.45, 2.75) is 19.4 Å². The summed E-state index contributed by atoms with van der Waals surface area (Å²) in [6.45, 7) is 0.295. The van der Waals surface area contributed by atoms with Crippen LogP contribution in [0.1, 0.15) is 22.5 Å². The molecule has 0 aliphatic carbocycles. The second-order valence-electron chi connectivity index (χ2n) is 6.37. The lowest BCUT2D eigenvalue weighted by atomic mass is 10.1. The highest BCUT2D eigenvalue weighted by molar-refractivity contribution is 5.95. The summed E-state index contributed by atoms with van der Waals surface area (Å²) in [5.41, 5.74) is 9.74. The second-order valence-corrected chi connectivity index (χ2v) is 6.37. The maximum Gasteiger partial charge on any atom is 0.286 e. The van der Waals surface area contributed by atoms with Crippen LogP contribution in [0.3, 0.4) is 0 Å². The van der Waals surface area contributed by atoms with Gasteiger partial charge in [0, 0.05) is 24.0 Å². The van der Waals surface area contributed by atoms with Crippen molar-refractivity contribution in [3.8, 4) is 0 Å². The van der Waals surface area contributed by atoms with Gasteiger partial charge >= 0.3 is 0 Å². The molecule has 3 aromatic rings. The quantitative estimate of drug-likeness (QED) is 0.335. The molecule has 4 N–H and O–H groups in total. The molecule has 0 atom stereocenters. The molecule has 1 aromatic heterocycles. The Hall–Kier alpha value is -3.67. The van der Waals surface area contributed by atoms with Crippen LogP contribution in [0.4, 0.5) is 5.69 Å². The van der Waals surface area contributed by atoms with Crippen molar-refractivity contribution in [3.63, 3.8) is 0 Å². The van der Waals surface area contributed by atoms with E-state index in [0.29, 0.717) is 17.9 Å². The smallest absolute Gasteiger partial charge is 0.286 e. The van der Waals surface area contributed by atoms with E-state index < -0.39 is 11.7 Å². The van der Waals surface area contributed by atoms with Gasteiger partial charge in [-0.05, 0) is 42.2 Å². The Labute approximate surface area is 163 Å². The summed E-state index contributed by atoms with van der Waals surface area (Å²) in [7, 11) is 0. The van der Waals surface area contributed by atoms with Crippen LogP contribution < -0.4 is 11.1 Å². The summed E-state index contributed by atoms with van der Waals surface area (Å²) in [6, 6.07) is 19.1. The van der Waals surface area contributed by atoms with Crippen LogP contribution in [0, 0.1) is 0 Å². The number of hydrogen-bond donors (Lipinski definition) is 3. The minimum Gasteiger partial charge on any atom is -0.503 e. The molecule has 0 saturated carbocycles. The number of nitrogens with zero attached hydrogens (tertiary/aromatic N) is 2. The van der Waals surface area contributed by atoms with Gasteiger partial charge in [-0.2, -0.15) is 0 Å². The number of aliphatic hydroxyl groups excluding tert-OH is 1. The van der Waals surface area contributed by atoms with Crippen molar-refractivity contribution < 1.29 is 9.90 Å². The zero-order chi connectivity index (χ0) is 19.8. The predicted molar refractivity (Wildman–Crippen MR) is 109 cm³/mol. The van der Waals surface area contributed by atoms with Crippen molar-refractivity contribution in [1.82, 2.24) is 15.3 Å². The number of benzene rings is 2. The molecule has 0 saturated heterocycles. The molecule has 0 fully saturated rings. The fourth-order valence-corrected chi connectivity index (χ4v) is 2.66. The van der Waals surface area contributed by atoms with Crippen LogP contribution >= 0.6 is 0 Å². The Morgan fingerprint density at radius 2 is 1.75 bits per heavy atom. The number of carbonyl (C=O) groups excluding carboxylic acids is 1. The number of hydrogen-bond acceptors (Lipinski definition) is 5. The van der Waals surface area contributed by atoms with E-state index in [1.54, 1.807) is 18.2 Å². The number of rotatable bonds is 7. The highest BCUT2D eigenvalue weighted by atomic mass is 16.3. The van der Waals surface area contributed by atoms with E-state index >= 15 is 0 Å². The Bertz CT molecular complexity index is 954. The summed E-state index contributed by atoms with van der Waals surface area (Å²) in [4.78, 5) is 20.4. The average molecular weight is 374 g/mol. The third kappa shape index (κ3) is 5.67. The molecule has 0 aliphatic rings. The van der Waals surface area contributed by atoms with E-state index in [0.717, 1.165) is 24.1 Å². The van der Waals surface area contributed by atoms with Gasteiger partial charge in [0.1, 0.15) is 6.33 Å². The van der Waals surface area contributed by atoms with Crippen molar-refractivity contribution in [1.29, 1.82) is 0 Å². The van der Waals surface area contributed by atoms with Gasteiger partial charge in [-0.3, -0.25) is 4.79 Å². The topological polar surface area (TPSA) is 101 Å². The minimum atomic E-state index is -0.568. The summed E-state index contributed by atoms with van der Waals surface area (Å²) in [5, 5.41) is 12.7. The molecule has 3 rings (SSSR count). The van der Waals surface area contributed by atoms with Gasteiger partial charge in [0.2, 0.25) is 0 Å². The molecule has 6 heteroatoms. The van der Waals surface area contributed by atoms with Crippen LogP contribution in [0.5, 0.6) is 0 Å². The van der Waals surface area contributed by atoms with Crippen molar-refractivity contribution >= 4 is 17.7 Å². The monoisotopic (exact) mass is 374 g/mol. The third-order valence-corrected chi connectivity index (χ3v) is 4.21. The summed E-state index contributed by atoms with van der Waals surface area (Å²) in [5.74, 6) is -0.968. The molecule has 1 heterocycles. The molecule has 28 heavy (non-hydrogen) atoms. The lowest BCUT2D eigenvalue weighted by Gasteiger charge is -2.06. The predicted octanol–water partition coefficient (Wildman–Crippen LogP) is 3.06. The first-order valence-corrected chi connectivity index (χ1v) is 8.98. The maximum absolute atomic E-state index is 12.1. The molecule has 0 aliphatic heterocycles. The fraction of sp³-hybridized carbons (Fsp3) is 0.136. The second kappa shape index (κ2) is 9.32. The van der Waals surface area contributed by atoms with Gasteiger partial charge in [0.15, 0.2) is 5.76 Å². The van der Waals surface area contributed by atoms with Gasteiger partial charge in [-0.15, -0.1) is 0 Å². The van der Waals surface area contributed by atoms with Gasteiger partial charge in [-0.25, -0.2) is 9.97 Å². The number of nitrogens with one attached hydrogen (secondary N) is 1. The van der Waals surface area contributed by atoms with E-state index in [9.17, 15) is 9.90 Å². The number of amides is 1. The number of nitrogen functional groups attached to an aromatic ring is 1. The Morgan fingerprint density at radius 1 is 1.00 bits per heavy atom. The van der Waals surface area contributed by atoms with Crippen molar-refractivity contribution in [2.24, 2.45) is 0 Å². The maximum atomic E-state index is 12.1. The Morgan fingerprint density at radius 3 is 2.50 bits per heavy atom. The van der Waals surface area contributed by atoms with Gasteiger partial charge < -0.3 is 16.2 Å². The normalized spacial score (nSPS) is 11.2. The van der Waals surface area contributed by atoms with Gasteiger partial charge in [0.05, 0.1) is 5.69 Å². The highest BCUT2D eigenvalue weighted by Gasteiger charge is 2.08. The standard InChI is InChI=1S/C22H22N4O2/c23-18-9-6-17(7-10-18)14-24-22(28)21(27)13-20-12-19(25-15-26-20)11-8-16-4-2-1-3-5-16/h1-7,9-10,12-13,15,27H,8,11,14,23H2,(H,24,28)/b21-13-. The molecule has 0 unspecified atom stereocenters. The molecule has 0 bridgehead atoms. The number of aryl methyl sites for hydroxylation is 2. The number of anilines is 1. The first-order valence-electron chi connectivity index (χ1n) is 8.98. The molecular formula is C22H22N4O2. The van der Waals surface area contributed by atoms with E-state index in [1.807, 2.05) is 30.3 Å². The molecule has 0 spiro atoms. The third-order valence-electron chi connectivity index (χ3n) is 4.21. The SMILES string of the molecule is Nc1ccc(CNC(=O)/C(O)=C/c2cc(CCc3ccccc3)ncn2)cc1. The van der Waals surface area contributed by atoms with Crippen molar-refractivity contribution in [2.75, 3.05) is 5.73 Å². The van der Waals surface area contributed by atoms with Crippen molar-refractivity contribution in [3.05, 3.63) is 95.3 Å². The summed E-state index contributed by atoms with van der Waals surface area (Å²) < 4.78 is 0. The fourth-order valence-electron chi connectivity index (χ4n) is 2.66. The lowest BCUT2D eigenvalue weighted by molar-refractivity contribution is -0.119. The zero-order valence-corrected chi connectivity index (χ0v) is 15.4. The molecule has 142 valence electrons. The Balaban J connectivity index is 1.58. The van der Waals surface area contributed by atoms with Crippen LogP contribution in [0.2, 0.25) is 0 Å². The van der Waals surface area contributed by atoms with E-state index in [4.69, 9.17) is 5.73 Å². The average Bonchev–Trinajstić information content (AvgIpc) is 2.72. The van der Waals surface area contributed by atoms with Crippen LogP contribution in [-0.2, 0) is 24.2 Å². The van der Waals surface area contributed by atoms with E-state index in [-0.39, 0.29) is 0 Å². The number of nitrogens with two attached hydrogens (primary N) is 1.